The summed E-state index contributed by atoms with van der Waals surface area (Å²) in [5.41, 5.74) is 2.12. The molecule has 8 nitrogen and oxygen atoms in total. The van der Waals surface area contributed by atoms with Crippen molar-refractivity contribution in [2.24, 2.45) is 5.92 Å². The average Bonchev–Trinajstić information content (AvgIpc) is 3.47. The number of ether oxygens (including phenoxy) is 1. The van der Waals surface area contributed by atoms with Crippen LogP contribution in [0.4, 0.5) is 5.69 Å². The SMILES string of the molecule is Cc1nc(CN2CCN(c3ccc4ncnc(OCC5CC5)c4c3)CC2)no1. The predicted octanol–water partition coefficient (Wildman–Crippen LogP) is 2.43. The largest absolute Gasteiger partial charge is 0.477 e. The van der Waals surface area contributed by atoms with E-state index in [9.17, 15) is 0 Å². The Hall–Kier alpha value is -2.74. The van der Waals surface area contributed by atoms with Crippen molar-refractivity contribution in [3.63, 3.8) is 0 Å². The maximum Gasteiger partial charge on any atom is 0.224 e. The van der Waals surface area contributed by atoms with Crippen LogP contribution in [0.5, 0.6) is 5.88 Å². The summed E-state index contributed by atoms with van der Waals surface area (Å²) in [6.45, 7) is 7.13. The van der Waals surface area contributed by atoms with Crippen LogP contribution in [0.2, 0.25) is 0 Å². The molecule has 3 aromatic rings. The zero-order valence-corrected chi connectivity index (χ0v) is 16.0. The van der Waals surface area contributed by atoms with Gasteiger partial charge in [-0.1, -0.05) is 5.16 Å². The molecule has 0 amide bonds. The molecule has 1 aromatic carbocycles. The van der Waals surface area contributed by atoms with Crippen LogP contribution < -0.4 is 9.64 Å². The average molecular weight is 380 g/mol. The molecule has 2 aromatic heterocycles. The number of rotatable bonds is 6. The van der Waals surface area contributed by atoms with E-state index in [4.69, 9.17) is 9.26 Å². The molecule has 146 valence electrons. The van der Waals surface area contributed by atoms with Gasteiger partial charge in [0.15, 0.2) is 5.82 Å². The summed E-state index contributed by atoms with van der Waals surface area (Å²) in [6.07, 6.45) is 4.12. The fourth-order valence-electron chi connectivity index (χ4n) is 3.58. The number of hydrogen-bond donors (Lipinski definition) is 0. The van der Waals surface area contributed by atoms with Crippen LogP contribution in [0.1, 0.15) is 24.6 Å². The van der Waals surface area contributed by atoms with Crippen molar-refractivity contribution in [3.05, 3.63) is 36.2 Å². The lowest BCUT2D eigenvalue weighted by molar-refractivity contribution is 0.240. The van der Waals surface area contributed by atoms with Crippen LogP contribution in [0.25, 0.3) is 10.9 Å². The topological polar surface area (TPSA) is 80.4 Å². The van der Waals surface area contributed by atoms with Crippen molar-refractivity contribution in [2.45, 2.75) is 26.3 Å². The molecule has 5 rings (SSSR count). The molecular formula is C20H24N6O2. The van der Waals surface area contributed by atoms with Crippen LogP contribution in [0.3, 0.4) is 0 Å². The van der Waals surface area contributed by atoms with E-state index in [1.54, 1.807) is 6.33 Å². The van der Waals surface area contributed by atoms with Gasteiger partial charge in [0.05, 0.1) is 24.1 Å². The Morgan fingerprint density at radius 1 is 1.14 bits per heavy atom. The monoisotopic (exact) mass is 380 g/mol. The fourth-order valence-corrected chi connectivity index (χ4v) is 3.58. The van der Waals surface area contributed by atoms with E-state index in [-0.39, 0.29) is 0 Å². The van der Waals surface area contributed by atoms with Gasteiger partial charge in [-0.3, -0.25) is 4.90 Å². The lowest BCUT2D eigenvalue weighted by atomic mass is 10.2. The van der Waals surface area contributed by atoms with E-state index < -0.39 is 0 Å². The molecule has 0 bridgehead atoms. The number of aryl methyl sites for hydroxylation is 1. The Morgan fingerprint density at radius 2 is 2.00 bits per heavy atom. The molecule has 0 atom stereocenters. The maximum absolute atomic E-state index is 5.97. The van der Waals surface area contributed by atoms with E-state index in [0.29, 0.717) is 17.7 Å². The standard InChI is InChI=1S/C20H24N6O2/c1-14-23-19(24-28-14)11-25-6-8-26(9-7-25)16-4-5-18-17(10-16)20(22-13-21-18)27-12-15-2-3-15/h4-5,10,13,15H,2-3,6-9,11-12H2,1H3. The molecule has 0 unspecified atom stereocenters. The minimum absolute atomic E-state index is 0.617. The molecule has 1 saturated carbocycles. The maximum atomic E-state index is 5.97. The molecule has 0 radical (unpaired) electrons. The van der Waals surface area contributed by atoms with Gasteiger partial charge in [-0.05, 0) is 37.0 Å². The third-order valence-electron chi connectivity index (χ3n) is 5.41. The van der Waals surface area contributed by atoms with E-state index >= 15 is 0 Å². The lowest BCUT2D eigenvalue weighted by Crippen LogP contribution is -2.46. The number of hydrogen-bond acceptors (Lipinski definition) is 8. The smallest absolute Gasteiger partial charge is 0.224 e. The number of benzene rings is 1. The zero-order chi connectivity index (χ0) is 18.9. The minimum atomic E-state index is 0.617. The quantitative estimate of drug-likeness (QED) is 0.645. The first kappa shape index (κ1) is 17.4. The molecular weight excluding hydrogens is 356 g/mol. The van der Waals surface area contributed by atoms with Gasteiger partial charge in [-0.2, -0.15) is 4.98 Å². The van der Waals surface area contributed by atoms with Crippen molar-refractivity contribution in [2.75, 3.05) is 37.7 Å². The Balaban J connectivity index is 1.27. The van der Waals surface area contributed by atoms with Crippen molar-refractivity contribution in [3.8, 4) is 5.88 Å². The second-order valence-electron chi connectivity index (χ2n) is 7.63. The second-order valence-corrected chi connectivity index (χ2v) is 7.63. The van der Waals surface area contributed by atoms with Crippen LogP contribution >= 0.6 is 0 Å². The van der Waals surface area contributed by atoms with Gasteiger partial charge >= 0.3 is 0 Å². The molecule has 0 spiro atoms. The van der Waals surface area contributed by atoms with Gasteiger partial charge in [0.2, 0.25) is 11.8 Å². The van der Waals surface area contributed by atoms with Crippen molar-refractivity contribution in [1.82, 2.24) is 25.0 Å². The summed E-state index contributed by atoms with van der Waals surface area (Å²) in [6, 6.07) is 6.36. The van der Waals surface area contributed by atoms with Gasteiger partial charge < -0.3 is 14.2 Å². The zero-order valence-electron chi connectivity index (χ0n) is 16.0. The number of piperazine rings is 1. The van der Waals surface area contributed by atoms with Crippen LogP contribution in [-0.4, -0.2) is 57.8 Å². The van der Waals surface area contributed by atoms with Gasteiger partial charge in [0.25, 0.3) is 0 Å². The van der Waals surface area contributed by atoms with Crippen molar-refractivity contribution >= 4 is 16.6 Å². The molecule has 2 aliphatic rings. The highest BCUT2D eigenvalue weighted by molar-refractivity contribution is 5.86. The number of fused-ring (bicyclic) bond motifs is 1. The summed E-state index contributed by atoms with van der Waals surface area (Å²) in [5, 5.41) is 4.99. The van der Waals surface area contributed by atoms with E-state index in [2.05, 4.69) is 48.1 Å². The molecule has 1 aliphatic heterocycles. The summed E-state index contributed by atoms with van der Waals surface area (Å²) in [5.74, 6) is 2.77. The lowest BCUT2D eigenvalue weighted by Gasteiger charge is -2.35. The van der Waals surface area contributed by atoms with Crippen LogP contribution in [0, 0.1) is 12.8 Å². The Kier molecular flexibility index (Phi) is 4.56. The number of anilines is 1. The highest BCUT2D eigenvalue weighted by Crippen LogP contribution is 2.32. The van der Waals surface area contributed by atoms with E-state index in [0.717, 1.165) is 56.1 Å². The minimum Gasteiger partial charge on any atom is -0.477 e. The number of aromatic nitrogens is 4. The summed E-state index contributed by atoms with van der Waals surface area (Å²) in [7, 11) is 0. The van der Waals surface area contributed by atoms with Crippen molar-refractivity contribution < 1.29 is 9.26 Å². The summed E-state index contributed by atoms with van der Waals surface area (Å²) >= 11 is 0. The van der Waals surface area contributed by atoms with E-state index in [1.165, 1.54) is 18.5 Å². The molecule has 2 fully saturated rings. The van der Waals surface area contributed by atoms with Crippen LogP contribution in [-0.2, 0) is 6.54 Å². The van der Waals surface area contributed by atoms with Gasteiger partial charge in [0, 0.05) is 38.8 Å². The van der Waals surface area contributed by atoms with Crippen molar-refractivity contribution in [1.29, 1.82) is 0 Å². The third kappa shape index (κ3) is 3.77. The normalized spacial score (nSPS) is 18.0. The molecule has 1 aliphatic carbocycles. The first-order valence-corrected chi connectivity index (χ1v) is 9.89. The van der Waals surface area contributed by atoms with E-state index in [1.807, 2.05) is 6.92 Å². The number of nitrogens with zero attached hydrogens (tertiary/aromatic N) is 6. The summed E-state index contributed by atoms with van der Waals surface area (Å²) < 4.78 is 11.0. The Labute approximate surface area is 163 Å². The van der Waals surface area contributed by atoms with Gasteiger partial charge in [-0.25, -0.2) is 9.97 Å². The Bertz CT molecular complexity index is 962. The van der Waals surface area contributed by atoms with Gasteiger partial charge in [-0.15, -0.1) is 0 Å². The molecule has 28 heavy (non-hydrogen) atoms. The first-order valence-electron chi connectivity index (χ1n) is 9.89. The molecule has 8 heteroatoms. The fraction of sp³-hybridized carbons (Fsp3) is 0.500. The predicted molar refractivity (Wildman–Crippen MR) is 104 cm³/mol. The van der Waals surface area contributed by atoms with Gasteiger partial charge in [0.1, 0.15) is 6.33 Å². The second kappa shape index (κ2) is 7.35. The molecule has 3 heterocycles. The first-order chi connectivity index (χ1) is 13.7. The highest BCUT2D eigenvalue weighted by atomic mass is 16.5. The Morgan fingerprint density at radius 3 is 2.75 bits per heavy atom. The van der Waals surface area contributed by atoms with Crippen LogP contribution in [0.15, 0.2) is 29.0 Å². The summed E-state index contributed by atoms with van der Waals surface area (Å²) in [4.78, 5) is 17.8. The highest BCUT2D eigenvalue weighted by Gasteiger charge is 2.23. The molecule has 0 N–H and O–H groups in total. The molecule has 1 saturated heterocycles. The third-order valence-corrected chi connectivity index (χ3v) is 5.41.